The lowest BCUT2D eigenvalue weighted by Gasteiger charge is -2.26. The molecule has 132 valence electrons. The Kier molecular flexibility index (Phi) is 5.58. The van der Waals surface area contributed by atoms with Gasteiger partial charge in [-0.15, -0.1) is 0 Å². The molecule has 0 saturated heterocycles. The summed E-state index contributed by atoms with van der Waals surface area (Å²) >= 11 is 0. The maximum absolute atomic E-state index is 11.5. The zero-order chi connectivity index (χ0) is 17.9. The maximum Gasteiger partial charge on any atom is 0.331 e. The largest absolute Gasteiger partial charge is 0.493 e. The van der Waals surface area contributed by atoms with Gasteiger partial charge in [0.25, 0.3) is 0 Å². The van der Waals surface area contributed by atoms with Gasteiger partial charge >= 0.3 is 5.97 Å². The van der Waals surface area contributed by atoms with Crippen molar-refractivity contribution in [3.05, 3.63) is 29.3 Å². The fourth-order valence-corrected chi connectivity index (χ4v) is 3.43. The van der Waals surface area contributed by atoms with Crippen LogP contribution in [0.25, 0.3) is 5.57 Å². The minimum Gasteiger partial charge on any atom is -0.493 e. The Hall–Kier alpha value is -1.97. The van der Waals surface area contributed by atoms with Crippen LogP contribution in [-0.4, -0.2) is 24.3 Å². The first kappa shape index (κ1) is 18.4. The number of hydrogen-bond donors (Lipinski definition) is 1. The Labute approximate surface area is 144 Å². The van der Waals surface area contributed by atoms with E-state index >= 15 is 0 Å². The molecule has 1 fully saturated rings. The van der Waals surface area contributed by atoms with E-state index < -0.39 is 5.97 Å². The number of carboxylic acid groups (broad SMARTS) is 1. The number of ether oxygens (including phenoxy) is 2. The van der Waals surface area contributed by atoms with Gasteiger partial charge in [0.15, 0.2) is 11.5 Å². The van der Waals surface area contributed by atoms with Gasteiger partial charge in [-0.2, -0.15) is 0 Å². The van der Waals surface area contributed by atoms with Gasteiger partial charge in [-0.25, -0.2) is 4.79 Å². The number of carbonyl (C=O) groups is 1. The van der Waals surface area contributed by atoms with E-state index in [0.29, 0.717) is 17.1 Å². The van der Waals surface area contributed by atoms with Crippen molar-refractivity contribution >= 4 is 11.5 Å². The van der Waals surface area contributed by atoms with Gasteiger partial charge in [0, 0.05) is 5.57 Å². The summed E-state index contributed by atoms with van der Waals surface area (Å²) in [6.45, 7) is 7.73. The summed E-state index contributed by atoms with van der Waals surface area (Å²) in [5.74, 6) is 0.489. The highest BCUT2D eigenvalue weighted by Crippen LogP contribution is 2.41. The third-order valence-electron chi connectivity index (χ3n) is 4.49. The first-order chi connectivity index (χ1) is 11.2. The lowest BCUT2D eigenvalue weighted by molar-refractivity contribution is -0.132. The summed E-state index contributed by atoms with van der Waals surface area (Å²) in [6.07, 6.45) is 4.72. The molecule has 0 heterocycles. The number of methoxy groups -OCH3 is 1. The molecule has 1 aliphatic rings. The van der Waals surface area contributed by atoms with Crippen LogP contribution in [0.15, 0.2) is 23.8 Å². The molecule has 0 bridgehead atoms. The first-order valence-corrected chi connectivity index (χ1v) is 8.53. The highest BCUT2D eigenvalue weighted by molar-refractivity contribution is 5.97. The fraction of sp³-hybridized carbons (Fsp3) is 0.550. The molecule has 1 saturated carbocycles. The van der Waals surface area contributed by atoms with Crippen LogP contribution in [0, 0.1) is 5.41 Å². The standard InChI is InChI=1S/C20H28O4/c1-13(19(21)22)18(20(2,3)4)14-10-11-16(23-5)17(12-14)24-15-8-6-7-9-15/h10-12,15H,6-9H2,1-5H3,(H,21,22). The lowest BCUT2D eigenvalue weighted by atomic mass is 9.79. The van der Waals surface area contributed by atoms with Crippen molar-refractivity contribution < 1.29 is 19.4 Å². The van der Waals surface area contributed by atoms with Crippen LogP contribution in [0.1, 0.15) is 58.9 Å². The van der Waals surface area contributed by atoms with Crippen molar-refractivity contribution in [2.24, 2.45) is 5.41 Å². The molecule has 4 heteroatoms. The van der Waals surface area contributed by atoms with E-state index in [9.17, 15) is 9.90 Å². The predicted molar refractivity (Wildman–Crippen MR) is 95.6 cm³/mol. The van der Waals surface area contributed by atoms with Crippen molar-refractivity contribution in [1.82, 2.24) is 0 Å². The summed E-state index contributed by atoms with van der Waals surface area (Å²) in [4.78, 5) is 11.5. The van der Waals surface area contributed by atoms with Crippen molar-refractivity contribution in [3.8, 4) is 11.5 Å². The second-order valence-corrected chi connectivity index (χ2v) is 7.45. The van der Waals surface area contributed by atoms with Crippen LogP contribution in [0.2, 0.25) is 0 Å². The van der Waals surface area contributed by atoms with Crippen LogP contribution in [0.3, 0.4) is 0 Å². The highest BCUT2D eigenvalue weighted by atomic mass is 16.5. The molecule has 1 aliphatic carbocycles. The van der Waals surface area contributed by atoms with Crippen molar-refractivity contribution in [2.45, 2.75) is 59.5 Å². The third kappa shape index (κ3) is 4.11. The van der Waals surface area contributed by atoms with E-state index in [4.69, 9.17) is 9.47 Å². The SMILES string of the molecule is COc1ccc(C(=C(C)C(=O)O)C(C)(C)C)cc1OC1CCCC1. The minimum absolute atomic E-state index is 0.219. The van der Waals surface area contributed by atoms with Gasteiger partial charge < -0.3 is 14.6 Å². The number of aliphatic carboxylic acids is 1. The molecule has 0 radical (unpaired) electrons. The van der Waals surface area contributed by atoms with Crippen LogP contribution in [-0.2, 0) is 4.79 Å². The summed E-state index contributed by atoms with van der Waals surface area (Å²) in [6, 6.07) is 5.69. The molecule has 24 heavy (non-hydrogen) atoms. The van der Waals surface area contributed by atoms with Crippen LogP contribution in [0.5, 0.6) is 11.5 Å². The first-order valence-electron chi connectivity index (χ1n) is 8.53. The van der Waals surface area contributed by atoms with Gasteiger partial charge in [0.05, 0.1) is 13.2 Å². The second-order valence-electron chi connectivity index (χ2n) is 7.45. The smallest absolute Gasteiger partial charge is 0.331 e. The molecule has 0 atom stereocenters. The number of allylic oxidation sites excluding steroid dienone is 1. The highest BCUT2D eigenvalue weighted by Gasteiger charge is 2.26. The topological polar surface area (TPSA) is 55.8 Å². The summed E-state index contributed by atoms with van der Waals surface area (Å²) in [7, 11) is 1.62. The number of carboxylic acids is 1. The van der Waals surface area contributed by atoms with Crippen LogP contribution in [0.4, 0.5) is 0 Å². The monoisotopic (exact) mass is 332 g/mol. The van der Waals surface area contributed by atoms with E-state index in [1.165, 1.54) is 12.8 Å². The van der Waals surface area contributed by atoms with Gasteiger partial charge in [0.1, 0.15) is 0 Å². The Balaban J connectivity index is 2.48. The number of benzene rings is 1. The van der Waals surface area contributed by atoms with Gasteiger partial charge in [-0.3, -0.25) is 0 Å². The van der Waals surface area contributed by atoms with Crippen molar-refractivity contribution in [3.63, 3.8) is 0 Å². The van der Waals surface area contributed by atoms with Crippen LogP contribution >= 0.6 is 0 Å². The Morgan fingerprint density at radius 1 is 1.17 bits per heavy atom. The zero-order valence-corrected chi connectivity index (χ0v) is 15.3. The molecule has 4 nitrogen and oxygen atoms in total. The molecule has 0 amide bonds. The van der Waals surface area contributed by atoms with Crippen LogP contribution < -0.4 is 9.47 Å². The van der Waals surface area contributed by atoms with E-state index in [1.807, 2.05) is 39.0 Å². The van der Waals surface area contributed by atoms with Gasteiger partial charge in [-0.1, -0.05) is 26.8 Å². The molecule has 1 aromatic rings. The fourth-order valence-electron chi connectivity index (χ4n) is 3.43. The zero-order valence-electron chi connectivity index (χ0n) is 15.3. The molecule has 1 N–H and O–H groups in total. The number of rotatable bonds is 5. The Morgan fingerprint density at radius 2 is 1.79 bits per heavy atom. The van der Waals surface area contributed by atoms with E-state index in [0.717, 1.165) is 24.0 Å². The molecular weight excluding hydrogens is 304 g/mol. The number of hydrogen-bond acceptors (Lipinski definition) is 3. The van der Waals surface area contributed by atoms with Gasteiger partial charge in [-0.05, 0) is 61.3 Å². The van der Waals surface area contributed by atoms with Gasteiger partial charge in [0.2, 0.25) is 0 Å². The molecular formula is C20H28O4. The van der Waals surface area contributed by atoms with E-state index in [2.05, 4.69) is 0 Å². The predicted octanol–water partition coefficient (Wildman–Crippen LogP) is 4.92. The Bertz CT molecular complexity index is 632. The average molecular weight is 332 g/mol. The molecule has 1 aromatic carbocycles. The molecule has 0 spiro atoms. The second kappa shape index (κ2) is 7.29. The maximum atomic E-state index is 11.5. The van der Waals surface area contributed by atoms with E-state index in [1.54, 1.807) is 14.0 Å². The van der Waals surface area contributed by atoms with Crippen molar-refractivity contribution in [2.75, 3.05) is 7.11 Å². The normalized spacial score (nSPS) is 16.7. The molecule has 0 unspecified atom stereocenters. The molecule has 2 rings (SSSR count). The molecule has 0 aromatic heterocycles. The quantitative estimate of drug-likeness (QED) is 0.778. The minimum atomic E-state index is -0.894. The van der Waals surface area contributed by atoms with E-state index in [-0.39, 0.29) is 11.5 Å². The third-order valence-corrected chi connectivity index (χ3v) is 4.49. The summed E-state index contributed by atoms with van der Waals surface area (Å²) in [5, 5.41) is 9.46. The molecule has 0 aliphatic heterocycles. The Morgan fingerprint density at radius 3 is 2.29 bits per heavy atom. The lowest BCUT2D eigenvalue weighted by Crippen LogP contribution is -2.15. The van der Waals surface area contributed by atoms with Crippen molar-refractivity contribution in [1.29, 1.82) is 0 Å². The summed E-state index contributed by atoms with van der Waals surface area (Å²) in [5.41, 5.74) is 1.76. The average Bonchev–Trinajstić information content (AvgIpc) is 2.99. The summed E-state index contributed by atoms with van der Waals surface area (Å²) < 4.78 is 11.6.